The lowest BCUT2D eigenvalue weighted by atomic mass is 9.87. The normalized spacial score (nSPS) is 24.3. The van der Waals surface area contributed by atoms with Crippen molar-refractivity contribution in [2.45, 2.75) is 31.0 Å². The van der Waals surface area contributed by atoms with Gasteiger partial charge in [-0.3, -0.25) is 19.7 Å². The van der Waals surface area contributed by atoms with Crippen molar-refractivity contribution in [3.8, 4) is 0 Å². The quantitative estimate of drug-likeness (QED) is 0.844. The van der Waals surface area contributed by atoms with Crippen LogP contribution in [0.3, 0.4) is 0 Å². The minimum atomic E-state index is 0.0822. The van der Waals surface area contributed by atoms with Gasteiger partial charge < -0.3 is 9.64 Å². The number of aromatic nitrogens is 2. The van der Waals surface area contributed by atoms with Crippen LogP contribution in [0, 0.1) is 0 Å². The van der Waals surface area contributed by atoms with Crippen LogP contribution in [0.2, 0.25) is 0 Å². The first-order valence-electron chi connectivity index (χ1n) is 9.15. The van der Waals surface area contributed by atoms with Crippen molar-refractivity contribution in [1.29, 1.82) is 0 Å². The van der Waals surface area contributed by atoms with Crippen LogP contribution in [0.25, 0.3) is 0 Å². The van der Waals surface area contributed by atoms with Gasteiger partial charge in [-0.2, -0.15) is 0 Å². The third-order valence-corrected chi connectivity index (χ3v) is 5.56. The van der Waals surface area contributed by atoms with Crippen molar-refractivity contribution in [2.24, 2.45) is 0 Å². The molecule has 6 nitrogen and oxygen atoms in total. The van der Waals surface area contributed by atoms with Crippen LogP contribution in [0.5, 0.6) is 0 Å². The molecule has 2 saturated heterocycles. The topological polar surface area (TPSA) is 58.6 Å². The SMILES string of the molecule is COC1CN(C2CCN(C(=O)c3cccnc3)CC2)C1c1cccnc1. The van der Waals surface area contributed by atoms with E-state index in [1.54, 1.807) is 25.7 Å². The second-order valence-electron chi connectivity index (χ2n) is 6.97. The first-order chi connectivity index (χ1) is 12.8. The van der Waals surface area contributed by atoms with E-state index in [0.29, 0.717) is 11.6 Å². The Kier molecular flexibility index (Phi) is 4.95. The van der Waals surface area contributed by atoms with E-state index < -0.39 is 0 Å². The first kappa shape index (κ1) is 17.1. The number of carbonyl (C=O) groups is 1. The molecule has 4 heterocycles. The average molecular weight is 352 g/mol. The maximum absolute atomic E-state index is 12.6. The Morgan fingerprint density at radius 1 is 1.12 bits per heavy atom. The maximum Gasteiger partial charge on any atom is 0.255 e. The number of hydrogen-bond acceptors (Lipinski definition) is 5. The Hall–Kier alpha value is -2.31. The van der Waals surface area contributed by atoms with Crippen LogP contribution in [0.15, 0.2) is 49.1 Å². The Morgan fingerprint density at radius 2 is 1.85 bits per heavy atom. The summed E-state index contributed by atoms with van der Waals surface area (Å²) in [6.07, 6.45) is 9.26. The van der Waals surface area contributed by atoms with E-state index in [4.69, 9.17) is 4.74 Å². The van der Waals surface area contributed by atoms with Crippen LogP contribution >= 0.6 is 0 Å². The van der Waals surface area contributed by atoms with E-state index in [1.165, 1.54) is 5.56 Å². The molecule has 2 unspecified atom stereocenters. The van der Waals surface area contributed by atoms with E-state index in [9.17, 15) is 4.79 Å². The van der Waals surface area contributed by atoms with Gasteiger partial charge in [0.05, 0.1) is 17.7 Å². The summed E-state index contributed by atoms with van der Waals surface area (Å²) in [6, 6.07) is 8.48. The van der Waals surface area contributed by atoms with Gasteiger partial charge in [0.2, 0.25) is 0 Å². The van der Waals surface area contributed by atoms with Gasteiger partial charge in [-0.25, -0.2) is 0 Å². The molecule has 0 N–H and O–H groups in total. The number of hydrogen-bond donors (Lipinski definition) is 0. The zero-order chi connectivity index (χ0) is 17.9. The summed E-state index contributed by atoms with van der Waals surface area (Å²) in [7, 11) is 1.78. The second kappa shape index (κ2) is 7.51. The van der Waals surface area contributed by atoms with Crippen molar-refractivity contribution >= 4 is 5.91 Å². The van der Waals surface area contributed by atoms with E-state index >= 15 is 0 Å². The van der Waals surface area contributed by atoms with Crippen LogP contribution in [0.4, 0.5) is 0 Å². The number of carbonyl (C=O) groups excluding carboxylic acids is 1. The fourth-order valence-electron chi connectivity index (χ4n) is 4.11. The second-order valence-corrected chi connectivity index (χ2v) is 6.97. The van der Waals surface area contributed by atoms with Gasteiger partial charge in [0, 0.05) is 57.6 Å². The molecule has 0 spiro atoms. The molecule has 0 aliphatic carbocycles. The Balaban J connectivity index is 1.39. The number of amides is 1. The summed E-state index contributed by atoms with van der Waals surface area (Å²) < 4.78 is 5.65. The van der Waals surface area contributed by atoms with Gasteiger partial charge in [-0.05, 0) is 36.6 Å². The standard InChI is InChI=1S/C20H24N4O2/c1-26-18-14-24(19(18)15-4-2-8-21-12-15)17-6-10-23(11-7-17)20(25)16-5-3-9-22-13-16/h2-5,8-9,12-13,17-19H,6-7,10-11,14H2,1H3. The summed E-state index contributed by atoms with van der Waals surface area (Å²) in [5.41, 5.74) is 1.88. The molecule has 136 valence electrons. The molecule has 26 heavy (non-hydrogen) atoms. The maximum atomic E-state index is 12.6. The number of rotatable bonds is 4. The number of methoxy groups -OCH3 is 1. The van der Waals surface area contributed by atoms with E-state index in [-0.39, 0.29) is 18.1 Å². The number of pyridine rings is 2. The predicted molar refractivity (Wildman–Crippen MR) is 97.6 cm³/mol. The molecular weight excluding hydrogens is 328 g/mol. The van der Waals surface area contributed by atoms with Crippen LogP contribution in [0.1, 0.15) is 34.8 Å². The highest BCUT2D eigenvalue weighted by Crippen LogP contribution is 2.39. The lowest BCUT2D eigenvalue weighted by Gasteiger charge is -2.52. The molecule has 2 atom stereocenters. The molecule has 6 heteroatoms. The summed E-state index contributed by atoms with van der Waals surface area (Å²) in [5.74, 6) is 0.0822. The summed E-state index contributed by atoms with van der Waals surface area (Å²) in [6.45, 7) is 2.51. The molecule has 2 aromatic heterocycles. The molecule has 2 aliphatic rings. The highest BCUT2D eigenvalue weighted by atomic mass is 16.5. The molecule has 4 rings (SSSR count). The predicted octanol–water partition coefficient (Wildman–Crippen LogP) is 2.15. The van der Waals surface area contributed by atoms with E-state index in [1.807, 2.05) is 29.3 Å². The van der Waals surface area contributed by atoms with Crippen molar-refractivity contribution < 1.29 is 9.53 Å². The minimum Gasteiger partial charge on any atom is -0.378 e. The Morgan fingerprint density at radius 3 is 2.46 bits per heavy atom. The third kappa shape index (κ3) is 3.22. The fourth-order valence-corrected chi connectivity index (χ4v) is 4.11. The molecule has 2 aliphatic heterocycles. The largest absolute Gasteiger partial charge is 0.378 e. The molecular formula is C20H24N4O2. The Labute approximate surface area is 153 Å². The van der Waals surface area contributed by atoms with Gasteiger partial charge >= 0.3 is 0 Å². The molecule has 0 bridgehead atoms. The van der Waals surface area contributed by atoms with Crippen LogP contribution in [-0.4, -0.2) is 64.6 Å². The molecule has 1 amide bonds. The van der Waals surface area contributed by atoms with Crippen molar-refractivity contribution in [2.75, 3.05) is 26.7 Å². The lowest BCUT2D eigenvalue weighted by molar-refractivity contribution is -0.115. The molecule has 0 saturated carbocycles. The molecule has 0 radical (unpaired) electrons. The van der Waals surface area contributed by atoms with Gasteiger partial charge in [0.1, 0.15) is 0 Å². The zero-order valence-electron chi connectivity index (χ0n) is 15.0. The third-order valence-electron chi connectivity index (χ3n) is 5.56. The van der Waals surface area contributed by atoms with Gasteiger partial charge in [0.15, 0.2) is 0 Å². The van der Waals surface area contributed by atoms with Crippen molar-refractivity contribution in [1.82, 2.24) is 19.8 Å². The summed E-state index contributed by atoms with van der Waals surface area (Å²) in [5, 5.41) is 0. The van der Waals surface area contributed by atoms with Crippen LogP contribution in [-0.2, 0) is 4.74 Å². The van der Waals surface area contributed by atoms with E-state index in [2.05, 4.69) is 20.9 Å². The van der Waals surface area contributed by atoms with Gasteiger partial charge in [-0.15, -0.1) is 0 Å². The summed E-state index contributed by atoms with van der Waals surface area (Å²) in [4.78, 5) is 25.4. The number of piperidine rings is 1. The number of nitrogens with zero attached hydrogens (tertiary/aromatic N) is 4. The van der Waals surface area contributed by atoms with E-state index in [0.717, 1.165) is 32.5 Å². The summed E-state index contributed by atoms with van der Waals surface area (Å²) >= 11 is 0. The highest BCUT2D eigenvalue weighted by molar-refractivity contribution is 5.93. The van der Waals surface area contributed by atoms with Gasteiger partial charge in [0.25, 0.3) is 5.91 Å². The number of ether oxygens (including phenoxy) is 1. The van der Waals surface area contributed by atoms with Crippen molar-refractivity contribution in [3.63, 3.8) is 0 Å². The van der Waals surface area contributed by atoms with Crippen LogP contribution < -0.4 is 0 Å². The minimum absolute atomic E-state index is 0.0822. The first-order valence-corrected chi connectivity index (χ1v) is 9.15. The highest BCUT2D eigenvalue weighted by Gasteiger charge is 2.44. The zero-order valence-corrected chi connectivity index (χ0v) is 15.0. The monoisotopic (exact) mass is 352 g/mol. The molecule has 0 aromatic carbocycles. The average Bonchev–Trinajstić information content (AvgIpc) is 2.69. The number of likely N-dealkylation sites (tertiary alicyclic amines) is 2. The molecule has 2 aromatic rings. The Bertz CT molecular complexity index is 732. The van der Waals surface area contributed by atoms with Crippen molar-refractivity contribution in [3.05, 3.63) is 60.2 Å². The fraction of sp³-hybridized carbons (Fsp3) is 0.450. The lowest BCUT2D eigenvalue weighted by Crippen LogP contribution is -2.60. The van der Waals surface area contributed by atoms with Gasteiger partial charge in [-0.1, -0.05) is 6.07 Å². The molecule has 2 fully saturated rings. The smallest absolute Gasteiger partial charge is 0.255 e.